The highest BCUT2D eigenvalue weighted by Gasteiger charge is 2.22. The second kappa shape index (κ2) is 7.10. The van der Waals surface area contributed by atoms with Gasteiger partial charge in [0.15, 0.2) is 0 Å². The Morgan fingerprint density at radius 3 is 2.84 bits per heavy atom. The maximum Gasteiger partial charge on any atom is 0.259 e. The Bertz CT molecular complexity index is 916. The smallest absolute Gasteiger partial charge is 0.259 e. The summed E-state index contributed by atoms with van der Waals surface area (Å²) in [6, 6.07) is 12.0. The zero-order chi connectivity index (χ0) is 17.2. The number of hydrogen-bond donors (Lipinski definition) is 1. The van der Waals surface area contributed by atoms with Crippen molar-refractivity contribution in [3.8, 4) is 10.4 Å². The summed E-state index contributed by atoms with van der Waals surface area (Å²) in [6.45, 7) is 2.62. The summed E-state index contributed by atoms with van der Waals surface area (Å²) in [6.07, 6.45) is 5.12. The average Bonchev–Trinajstić information content (AvgIpc) is 3.07. The largest absolute Gasteiger partial charge is 0.370 e. The number of H-pyrrole nitrogens is 1. The van der Waals surface area contributed by atoms with E-state index in [1.165, 1.54) is 19.3 Å². The first-order chi connectivity index (χ1) is 12.2. The van der Waals surface area contributed by atoms with Crippen LogP contribution in [-0.2, 0) is 11.3 Å². The Morgan fingerprint density at radius 2 is 2.04 bits per heavy atom. The molecule has 0 spiro atoms. The van der Waals surface area contributed by atoms with E-state index >= 15 is 0 Å². The zero-order valence-electron chi connectivity index (χ0n) is 14.3. The molecule has 0 radical (unpaired) electrons. The van der Waals surface area contributed by atoms with Crippen molar-refractivity contribution >= 4 is 21.6 Å². The minimum absolute atomic E-state index is 0.0845. The number of thiophene rings is 1. The Kier molecular flexibility index (Phi) is 4.68. The van der Waals surface area contributed by atoms with Crippen molar-refractivity contribution < 1.29 is 4.74 Å². The summed E-state index contributed by atoms with van der Waals surface area (Å²) >= 11 is 1.55. The molecule has 1 aliphatic carbocycles. The molecule has 1 aliphatic rings. The van der Waals surface area contributed by atoms with Crippen molar-refractivity contribution in [2.75, 3.05) is 0 Å². The van der Waals surface area contributed by atoms with Crippen molar-refractivity contribution in [1.29, 1.82) is 0 Å². The summed E-state index contributed by atoms with van der Waals surface area (Å²) in [5.41, 5.74) is 1.03. The van der Waals surface area contributed by atoms with Gasteiger partial charge >= 0.3 is 0 Å². The van der Waals surface area contributed by atoms with Gasteiger partial charge in [-0.3, -0.25) is 4.79 Å². The van der Waals surface area contributed by atoms with Gasteiger partial charge in [-0.05, 0) is 30.4 Å². The average molecular weight is 354 g/mol. The SMILES string of the molecule is C[C@H]1CCCC[C@@H]1OCc1nc2sc(-c3ccccc3)cc2c(=O)[nH]1. The molecule has 4 rings (SSSR count). The first-order valence-electron chi connectivity index (χ1n) is 8.90. The third-order valence-corrected chi connectivity index (χ3v) is 6.05. The van der Waals surface area contributed by atoms with Crippen LogP contribution in [0.4, 0.5) is 0 Å². The molecule has 2 heterocycles. The third kappa shape index (κ3) is 3.53. The normalized spacial score (nSPS) is 20.8. The molecule has 1 N–H and O–H groups in total. The second-order valence-corrected chi connectivity index (χ2v) is 7.85. The second-order valence-electron chi connectivity index (χ2n) is 6.82. The molecule has 2 aromatic heterocycles. The van der Waals surface area contributed by atoms with E-state index in [2.05, 4.69) is 16.9 Å². The van der Waals surface area contributed by atoms with Crippen molar-refractivity contribution in [1.82, 2.24) is 9.97 Å². The van der Waals surface area contributed by atoms with E-state index in [-0.39, 0.29) is 11.7 Å². The van der Waals surface area contributed by atoms with E-state index in [4.69, 9.17) is 4.74 Å². The molecule has 0 aliphatic heterocycles. The Labute approximate surface area is 150 Å². The molecule has 0 saturated heterocycles. The number of nitrogens with zero attached hydrogens (tertiary/aromatic N) is 1. The molecular weight excluding hydrogens is 332 g/mol. The van der Waals surface area contributed by atoms with Crippen LogP contribution in [0.15, 0.2) is 41.2 Å². The first kappa shape index (κ1) is 16.5. The van der Waals surface area contributed by atoms with Gasteiger partial charge in [-0.2, -0.15) is 0 Å². The molecule has 0 unspecified atom stereocenters. The predicted octanol–water partition coefficient (Wildman–Crippen LogP) is 4.75. The minimum Gasteiger partial charge on any atom is -0.370 e. The van der Waals surface area contributed by atoms with E-state index < -0.39 is 0 Å². The molecule has 5 heteroatoms. The van der Waals surface area contributed by atoms with E-state index in [0.29, 0.717) is 23.7 Å². The molecule has 4 nitrogen and oxygen atoms in total. The molecule has 25 heavy (non-hydrogen) atoms. The van der Waals surface area contributed by atoms with Crippen LogP contribution in [0.3, 0.4) is 0 Å². The van der Waals surface area contributed by atoms with Gasteiger partial charge in [0, 0.05) is 4.88 Å². The number of nitrogens with one attached hydrogen (secondary N) is 1. The third-order valence-electron chi connectivity index (χ3n) is 4.98. The molecule has 2 atom stereocenters. The summed E-state index contributed by atoms with van der Waals surface area (Å²) in [5.74, 6) is 1.20. The van der Waals surface area contributed by atoms with Gasteiger partial charge < -0.3 is 9.72 Å². The standard InChI is InChI=1S/C20H22N2O2S/c1-13-7-5-6-10-16(13)24-12-18-21-19(23)15-11-17(25-20(15)22-18)14-8-3-2-4-9-14/h2-4,8-9,11,13,16H,5-7,10,12H2,1H3,(H,21,22,23)/t13-,16-/m0/s1. The lowest BCUT2D eigenvalue weighted by Gasteiger charge is -2.28. The van der Waals surface area contributed by atoms with E-state index in [0.717, 1.165) is 21.7 Å². The molecule has 0 amide bonds. The van der Waals surface area contributed by atoms with Gasteiger partial charge in [-0.1, -0.05) is 50.1 Å². The van der Waals surface area contributed by atoms with E-state index in [1.54, 1.807) is 11.3 Å². The Balaban J connectivity index is 1.58. The van der Waals surface area contributed by atoms with Gasteiger partial charge in [0.1, 0.15) is 17.3 Å². The Morgan fingerprint density at radius 1 is 1.24 bits per heavy atom. The molecule has 1 saturated carbocycles. The van der Waals surface area contributed by atoms with Crippen LogP contribution >= 0.6 is 11.3 Å². The Hall–Kier alpha value is -1.98. The first-order valence-corrected chi connectivity index (χ1v) is 9.72. The van der Waals surface area contributed by atoms with Crippen LogP contribution in [0.1, 0.15) is 38.4 Å². The van der Waals surface area contributed by atoms with Crippen LogP contribution in [0.25, 0.3) is 20.7 Å². The van der Waals surface area contributed by atoms with Gasteiger partial charge in [0.25, 0.3) is 5.56 Å². The topological polar surface area (TPSA) is 55.0 Å². The lowest BCUT2D eigenvalue weighted by atomic mass is 9.88. The lowest BCUT2D eigenvalue weighted by molar-refractivity contribution is -0.0181. The predicted molar refractivity (Wildman–Crippen MR) is 102 cm³/mol. The monoisotopic (exact) mass is 354 g/mol. The van der Waals surface area contributed by atoms with Crippen LogP contribution in [0.5, 0.6) is 0 Å². The maximum atomic E-state index is 12.4. The lowest BCUT2D eigenvalue weighted by Crippen LogP contribution is -2.26. The highest BCUT2D eigenvalue weighted by atomic mass is 32.1. The van der Waals surface area contributed by atoms with Crippen molar-refractivity contribution in [2.45, 2.75) is 45.3 Å². The molecule has 130 valence electrons. The fourth-order valence-electron chi connectivity index (χ4n) is 3.50. The van der Waals surface area contributed by atoms with Gasteiger partial charge in [0.2, 0.25) is 0 Å². The number of aromatic nitrogens is 2. The van der Waals surface area contributed by atoms with E-state index in [1.807, 2.05) is 36.4 Å². The van der Waals surface area contributed by atoms with E-state index in [9.17, 15) is 4.79 Å². The molecule has 3 aromatic rings. The fraction of sp³-hybridized carbons (Fsp3) is 0.400. The number of fused-ring (bicyclic) bond motifs is 1. The number of rotatable bonds is 4. The quantitative estimate of drug-likeness (QED) is 0.736. The maximum absolute atomic E-state index is 12.4. The highest BCUT2D eigenvalue weighted by Crippen LogP contribution is 2.31. The van der Waals surface area contributed by atoms with Crippen molar-refractivity contribution in [3.63, 3.8) is 0 Å². The molecule has 1 aromatic carbocycles. The summed E-state index contributed by atoms with van der Waals surface area (Å²) in [5, 5.41) is 0.652. The van der Waals surface area contributed by atoms with Crippen LogP contribution < -0.4 is 5.56 Å². The summed E-state index contributed by atoms with van der Waals surface area (Å²) in [4.78, 5) is 21.8. The fourth-order valence-corrected chi connectivity index (χ4v) is 4.56. The molecule has 1 fully saturated rings. The molecule has 0 bridgehead atoms. The van der Waals surface area contributed by atoms with Crippen LogP contribution in [0, 0.1) is 5.92 Å². The molecular formula is C20H22N2O2S. The van der Waals surface area contributed by atoms with Gasteiger partial charge in [-0.15, -0.1) is 11.3 Å². The number of benzene rings is 1. The van der Waals surface area contributed by atoms with Gasteiger partial charge in [-0.25, -0.2) is 4.98 Å². The van der Waals surface area contributed by atoms with Crippen molar-refractivity contribution in [3.05, 3.63) is 52.6 Å². The number of hydrogen-bond acceptors (Lipinski definition) is 4. The van der Waals surface area contributed by atoms with Crippen LogP contribution in [0.2, 0.25) is 0 Å². The minimum atomic E-state index is -0.0845. The number of ether oxygens (including phenoxy) is 1. The summed E-state index contributed by atoms with van der Waals surface area (Å²) in [7, 11) is 0. The number of aromatic amines is 1. The highest BCUT2D eigenvalue weighted by molar-refractivity contribution is 7.21. The van der Waals surface area contributed by atoms with Crippen LogP contribution in [-0.4, -0.2) is 16.1 Å². The zero-order valence-corrected chi connectivity index (χ0v) is 15.1. The van der Waals surface area contributed by atoms with Gasteiger partial charge in [0.05, 0.1) is 11.5 Å². The van der Waals surface area contributed by atoms with Crippen molar-refractivity contribution in [2.24, 2.45) is 5.92 Å². The summed E-state index contributed by atoms with van der Waals surface area (Å²) < 4.78 is 6.05.